The van der Waals surface area contributed by atoms with E-state index in [1.807, 2.05) is 13.8 Å². The van der Waals surface area contributed by atoms with E-state index in [0.717, 1.165) is 13.0 Å². The standard InChI is InChI=1S/C10H22N2O2/c1-3-6-12(7-8-13)10(14)5-4-9(2)11/h9,13H,3-8,11H2,1-2H3. The Morgan fingerprint density at radius 3 is 2.57 bits per heavy atom. The topological polar surface area (TPSA) is 66.6 Å². The van der Waals surface area contributed by atoms with E-state index in [0.29, 0.717) is 19.4 Å². The van der Waals surface area contributed by atoms with E-state index in [-0.39, 0.29) is 18.6 Å². The van der Waals surface area contributed by atoms with Crippen molar-refractivity contribution >= 4 is 5.91 Å². The van der Waals surface area contributed by atoms with Crippen LogP contribution in [-0.4, -0.2) is 41.7 Å². The fraction of sp³-hybridized carbons (Fsp3) is 0.900. The molecule has 0 saturated heterocycles. The average molecular weight is 202 g/mol. The molecule has 0 aliphatic heterocycles. The summed E-state index contributed by atoms with van der Waals surface area (Å²) in [6.45, 7) is 5.10. The molecule has 3 N–H and O–H groups in total. The van der Waals surface area contributed by atoms with Crippen LogP contribution in [0.4, 0.5) is 0 Å². The summed E-state index contributed by atoms with van der Waals surface area (Å²) >= 11 is 0. The van der Waals surface area contributed by atoms with Gasteiger partial charge in [-0.1, -0.05) is 6.92 Å². The van der Waals surface area contributed by atoms with Gasteiger partial charge in [-0.2, -0.15) is 0 Å². The summed E-state index contributed by atoms with van der Waals surface area (Å²) in [4.78, 5) is 13.3. The maximum atomic E-state index is 11.6. The summed E-state index contributed by atoms with van der Waals surface area (Å²) in [5.74, 6) is 0.0956. The lowest BCUT2D eigenvalue weighted by atomic mass is 10.2. The van der Waals surface area contributed by atoms with Crippen LogP contribution < -0.4 is 5.73 Å². The highest BCUT2D eigenvalue weighted by Crippen LogP contribution is 2.01. The minimum absolute atomic E-state index is 0.0317. The molecule has 0 heterocycles. The minimum atomic E-state index is 0.0317. The summed E-state index contributed by atoms with van der Waals surface area (Å²) in [5, 5.41) is 8.77. The third-order valence-electron chi connectivity index (χ3n) is 2.03. The quantitative estimate of drug-likeness (QED) is 0.626. The van der Waals surface area contributed by atoms with E-state index in [9.17, 15) is 4.79 Å². The number of aliphatic hydroxyl groups excluding tert-OH is 1. The molecule has 1 amide bonds. The molecule has 0 rings (SSSR count). The fourth-order valence-corrected chi connectivity index (χ4v) is 1.26. The molecule has 84 valence electrons. The molecule has 0 aromatic carbocycles. The van der Waals surface area contributed by atoms with Crippen LogP contribution in [0.3, 0.4) is 0 Å². The molecule has 0 fully saturated rings. The maximum Gasteiger partial charge on any atom is 0.222 e. The van der Waals surface area contributed by atoms with Gasteiger partial charge in [-0.3, -0.25) is 4.79 Å². The number of nitrogens with two attached hydrogens (primary N) is 1. The summed E-state index contributed by atoms with van der Waals surface area (Å²) in [7, 11) is 0. The zero-order chi connectivity index (χ0) is 11.0. The number of carbonyl (C=O) groups is 1. The molecular formula is C10H22N2O2. The lowest BCUT2D eigenvalue weighted by Gasteiger charge is -2.21. The van der Waals surface area contributed by atoms with Crippen LogP contribution >= 0.6 is 0 Å². The summed E-state index contributed by atoms with van der Waals surface area (Å²) in [6, 6.07) is 0.0663. The third kappa shape index (κ3) is 5.94. The van der Waals surface area contributed by atoms with Crippen LogP contribution in [0.25, 0.3) is 0 Å². The number of hydrogen-bond acceptors (Lipinski definition) is 3. The van der Waals surface area contributed by atoms with Gasteiger partial charge in [-0.15, -0.1) is 0 Å². The molecule has 0 aromatic heterocycles. The van der Waals surface area contributed by atoms with Crippen LogP contribution in [0, 0.1) is 0 Å². The number of aliphatic hydroxyl groups is 1. The SMILES string of the molecule is CCCN(CCO)C(=O)CCC(C)N. The molecule has 0 bridgehead atoms. The first kappa shape index (κ1) is 13.4. The summed E-state index contributed by atoms with van der Waals surface area (Å²) < 4.78 is 0. The molecule has 4 heteroatoms. The zero-order valence-electron chi connectivity index (χ0n) is 9.20. The van der Waals surface area contributed by atoms with Crippen molar-refractivity contribution in [2.24, 2.45) is 5.73 Å². The number of hydrogen-bond donors (Lipinski definition) is 2. The smallest absolute Gasteiger partial charge is 0.222 e. The monoisotopic (exact) mass is 202 g/mol. The van der Waals surface area contributed by atoms with Crippen molar-refractivity contribution in [3.8, 4) is 0 Å². The Labute approximate surface area is 86.1 Å². The molecular weight excluding hydrogens is 180 g/mol. The van der Waals surface area contributed by atoms with Gasteiger partial charge in [0.15, 0.2) is 0 Å². The van der Waals surface area contributed by atoms with Crippen molar-refractivity contribution in [3.05, 3.63) is 0 Å². The van der Waals surface area contributed by atoms with E-state index >= 15 is 0 Å². The van der Waals surface area contributed by atoms with Crippen LogP contribution in [-0.2, 0) is 4.79 Å². The Hall–Kier alpha value is -0.610. The van der Waals surface area contributed by atoms with Crippen molar-refractivity contribution in [2.45, 2.75) is 39.2 Å². The van der Waals surface area contributed by atoms with E-state index < -0.39 is 0 Å². The maximum absolute atomic E-state index is 11.6. The second-order valence-corrected chi connectivity index (χ2v) is 3.62. The molecule has 0 radical (unpaired) electrons. The summed E-state index contributed by atoms with van der Waals surface area (Å²) in [6.07, 6.45) is 2.12. The van der Waals surface area contributed by atoms with Crippen LogP contribution in [0.15, 0.2) is 0 Å². The van der Waals surface area contributed by atoms with E-state index in [1.165, 1.54) is 0 Å². The van der Waals surface area contributed by atoms with E-state index in [4.69, 9.17) is 10.8 Å². The average Bonchev–Trinajstić information content (AvgIpc) is 2.14. The lowest BCUT2D eigenvalue weighted by Crippen LogP contribution is -2.34. The van der Waals surface area contributed by atoms with Crippen molar-refractivity contribution in [2.75, 3.05) is 19.7 Å². The predicted octanol–water partition coefficient (Wildman–Crippen LogP) is 0.345. The van der Waals surface area contributed by atoms with Gasteiger partial charge in [0.2, 0.25) is 5.91 Å². The molecule has 0 aromatic rings. The lowest BCUT2D eigenvalue weighted by molar-refractivity contribution is -0.131. The Morgan fingerprint density at radius 2 is 2.14 bits per heavy atom. The van der Waals surface area contributed by atoms with Crippen LogP contribution in [0.2, 0.25) is 0 Å². The zero-order valence-corrected chi connectivity index (χ0v) is 9.20. The van der Waals surface area contributed by atoms with Crippen molar-refractivity contribution in [1.82, 2.24) is 4.90 Å². The van der Waals surface area contributed by atoms with Gasteiger partial charge in [-0.25, -0.2) is 0 Å². The fourth-order valence-electron chi connectivity index (χ4n) is 1.26. The number of rotatable bonds is 7. The molecule has 4 nitrogen and oxygen atoms in total. The highest BCUT2D eigenvalue weighted by atomic mass is 16.3. The van der Waals surface area contributed by atoms with Crippen LogP contribution in [0.5, 0.6) is 0 Å². The first-order valence-electron chi connectivity index (χ1n) is 5.26. The number of carbonyl (C=O) groups excluding carboxylic acids is 1. The normalized spacial score (nSPS) is 12.6. The molecule has 0 spiro atoms. The first-order chi connectivity index (χ1) is 6.61. The largest absolute Gasteiger partial charge is 0.395 e. The molecule has 1 unspecified atom stereocenters. The van der Waals surface area contributed by atoms with Gasteiger partial charge in [0.05, 0.1) is 6.61 Å². The molecule has 0 saturated carbocycles. The second-order valence-electron chi connectivity index (χ2n) is 3.62. The number of amides is 1. The number of nitrogens with zero attached hydrogens (tertiary/aromatic N) is 1. The summed E-state index contributed by atoms with van der Waals surface area (Å²) in [5.41, 5.74) is 5.57. The van der Waals surface area contributed by atoms with Gasteiger partial charge < -0.3 is 15.7 Å². The van der Waals surface area contributed by atoms with Gasteiger partial charge in [-0.05, 0) is 19.8 Å². The highest BCUT2D eigenvalue weighted by molar-refractivity contribution is 5.76. The van der Waals surface area contributed by atoms with Gasteiger partial charge in [0.1, 0.15) is 0 Å². The Balaban J connectivity index is 3.88. The first-order valence-corrected chi connectivity index (χ1v) is 5.26. The van der Waals surface area contributed by atoms with Gasteiger partial charge in [0.25, 0.3) is 0 Å². The minimum Gasteiger partial charge on any atom is -0.395 e. The second kappa shape index (κ2) is 7.76. The van der Waals surface area contributed by atoms with E-state index in [1.54, 1.807) is 4.90 Å². The Bertz CT molecular complexity index is 154. The van der Waals surface area contributed by atoms with Crippen LogP contribution in [0.1, 0.15) is 33.1 Å². The molecule has 0 aliphatic rings. The predicted molar refractivity (Wildman–Crippen MR) is 56.8 cm³/mol. The molecule has 1 atom stereocenters. The highest BCUT2D eigenvalue weighted by Gasteiger charge is 2.11. The van der Waals surface area contributed by atoms with Crippen molar-refractivity contribution in [3.63, 3.8) is 0 Å². The van der Waals surface area contributed by atoms with E-state index in [2.05, 4.69) is 0 Å². The third-order valence-corrected chi connectivity index (χ3v) is 2.03. The van der Waals surface area contributed by atoms with Gasteiger partial charge >= 0.3 is 0 Å². The van der Waals surface area contributed by atoms with Crippen molar-refractivity contribution in [1.29, 1.82) is 0 Å². The molecule has 0 aliphatic carbocycles. The van der Waals surface area contributed by atoms with Gasteiger partial charge in [0, 0.05) is 25.6 Å². The Kier molecular flexibility index (Phi) is 7.42. The van der Waals surface area contributed by atoms with Crippen molar-refractivity contribution < 1.29 is 9.90 Å². The molecule has 14 heavy (non-hydrogen) atoms. The Morgan fingerprint density at radius 1 is 1.50 bits per heavy atom.